The molecule has 21 heavy (non-hydrogen) atoms. The summed E-state index contributed by atoms with van der Waals surface area (Å²) in [6.07, 6.45) is 1.57. The van der Waals surface area contributed by atoms with Crippen molar-refractivity contribution in [3.63, 3.8) is 0 Å². The molecule has 1 aromatic heterocycles. The molecule has 1 aromatic carbocycles. The highest BCUT2D eigenvalue weighted by Gasteiger charge is 2.30. The number of rotatable bonds is 5. The number of pyridine rings is 1. The second-order valence-electron chi connectivity index (χ2n) is 4.30. The summed E-state index contributed by atoms with van der Waals surface area (Å²) in [5.41, 5.74) is 0.587. The topological polar surface area (TPSA) is 68.3 Å². The van der Waals surface area contributed by atoms with E-state index in [1.165, 1.54) is 0 Å². The third kappa shape index (κ3) is 3.89. The van der Waals surface area contributed by atoms with Crippen molar-refractivity contribution in [1.82, 2.24) is 4.98 Å². The van der Waals surface area contributed by atoms with Crippen LogP contribution in [-0.4, -0.2) is 23.5 Å². The predicted octanol–water partition coefficient (Wildman–Crippen LogP) is 2.37. The first kappa shape index (κ1) is 14.7. The Morgan fingerprint density at radius 3 is 2.48 bits per heavy atom. The van der Waals surface area contributed by atoms with E-state index in [2.05, 4.69) is 10.3 Å². The van der Waals surface area contributed by atoms with Crippen LogP contribution in [0.2, 0.25) is 0 Å². The minimum atomic E-state index is -1.01. The van der Waals surface area contributed by atoms with Crippen molar-refractivity contribution >= 4 is 17.7 Å². The molecular formula is C16H16N2O3. The number of nitrogens with one attached hydrogen (secondary N) is 1. The molecule has 1 atom stereocenters. The van der Waals surface area contributed by atoms with Gasteiger partial charge in [0.15, 0.2) is 5.92 Å². The monoisotopic (exact) mass is 284 g/mol. The lowest BCUT2D eigenvalue weighted by Gasteiger charge is -2.15. The third-order valence-corrected chi connectivity index (χ3v) is 2.83. The number of nitrogens with zero attached hydrogens (tertiary/aromatic N) is 1. The molecule has 2 rings (SSSR count). The van der Waals surface area contributed by atoms with Crippen molar-refractivity contribution in [3.05, 3.63) is 60.3 Å². The lowest BCUT2D eigenvalue weighted by atomic mass is 9.98. The number of amides is 1. The van der Waals surface area contributed by atoms with Gasteiger partial charge in [-0.15, -0.1) is 0 Å². The normalized spacial score (nSPS) is 11.5. The average Bonchev–Trinajstić information content (AvgIpc) is 2.50. The van der Waals surface area contributed by atoms with E-state index in [0.29, 0.717) is 11.4 Å². The zero-order chi connectivity index (χ0) is 15.1. The van der Waals surface area contributed by atoms with Crippen molar-refractivity contribution in [3.8, 4) is 0 Å². The van der Waals surface area contributed by atoms with E-state index in [9.17, 15) is 9.59 Å². The molecule has 5 heteroatoms. The van der Waals surface area contributed by atoms with Crippen LogP contribution in [0.4, 0.5) is 5.82 Å². The molecule has 0 radical (unpaired) electrons. The third-order valence-electron chi connectivity index (χ3n) is 2.83. The molecule has 0 aliphatic carbocycles. The fourth-order valence-electron chi connectivity index (χ4n) is 1.90. The van der Waals surface area contributed by atoms with Crippen LogP contribution in [0, 0.1) is 0 Å². The Kier molecular flexibility index (Phi) is 5.04. The van der Waals surface area contributed by atoms with Gasteiger partial charge in [0.1, 0.15) is 5.82 Å². The number of carbonyl (C=O) groups excluding carboxylic acids is 2. The smallest absolute Gasteiger partial charge is 0.323 e. The lowest BCUT2D eigenvalue weighted by molar-refractivity contribution is -0.147. The maximum atomic E-state index is 12.4. The lowest BCUT2D eigenvalue weighted by Crippen LogP contribution is -2.29. The summed E-state index contributed by atoms with van der Waals surface area (Å²) in [4.78, 5) is 28.5. The Balaban J connectivity index is 2.23. The molecule has 108 valence electrons. The van der Waals surface area contributed by atoms with E-state index >= 15 is 0 Å². The SMILES string of the molecule is CCOC(=O)C(C(=O)Nc1ccccn1)c1ccccc1. The zero-order valence-corrected chi connectivity index (χ0v) is 11.7. The number of anilines is 1. The fourth-order valence-corrected chi connectivity index (χ4v) is 1.90. The van der Waals surface area contributed by atoms with Crippen molar-refractivity contribution in [2.45, 2.75) is 12.8 Å². The molecule has 0 saturated carbocycles. The molecule has 1 amide bonds. The molecule has 0 spiro atoms. The summed E-state index contributed by atoms with van der Waals surface area (Å²) in [5.74, 6) is -1.64. The summed E-state index contributed by atoms with van der Waals surface area (Å²) in [6.45, 7) is 1.93. The number of ether oxygens (including phenoxy) is 1. The van der Waals surface area contributed by atoms with Crippen molar-refractivity contribution in [1.29, 1.82) is 0 Å². The van der Waals surface area contributed by atoms with Gasteiger partial charge >= 0.3 is 5.97 Å². The van der Waals surface area contributed by atoms with Crippen LogP contribution in [0.5, 0.6) is 0 Å². The zero-order valence-electron chi connectivity index (χ0n) is 11.7. The fraction of sp³-hybridized carbons (Fsp3) is 0.188. The highest BCUT2D eigenvalue weighted by molar-refractivity contribution is 6.09. The minimum Gasteiger partial charge on any atom is -0.465 e. The molecule has 0 aliphatic heterocycles. The molecule has 0 aliphatic rings. The first-order valence-electron chi connectivity index (χ1n) is 6.66. The second kappa shape index (κ2) is 7.19. The molecule has 1 unspecified atom stereocenters. The summed E-state index contributed by atoms with van der Waals surface area (Å²) >= 11 is 0. The van der Waals surface area contributed by atoms with Crippen molar-refractivity contribution in [2.24, 2.45) is 0 Å². The Hall–Kier alpha value is -2.69. The van der Waals surface area contributed by atoms with Gasteiger partial charge < -0.3 is 10.1 Å². The predicted molar refractivity (Wildman–Crippen MR) is 78.7 cm³/mol. The maximum Gasteiger partial charge on any atom is 0.323 e. The highest BCUT2D eigenvalue weighted by atomic mass is 16.5. The van der Waals surface area contributed by atoms with Gasteiger partial charge in [-0.25, -0.2) is 4.98 Å². The van der Waals surface area contributed by atoms with Gasteiger partial charge in [0, 0.05) is 6.20 Å². The molecule has 5 nitrogen and oxygen atoms in total. The second-order valence-corrected chi connectivity index (χ2v) is 4.30. The Morgan fingerprint density at radius 2 is 1.86 bits per heavy atom. The van der Waals surface area contributed by atoms with Crippen molar-refractivity contribution in [2.75, 3.05) is 11.9 Å². The Bertz CT molecular complexity index is 599. The summed E-state index contributed by atoms with van der Waals surface area (Å²) in [7, 11) is 0. The van der Waals surface area contributed by atoms with Gasteiger partial charge in [-0.3, -0.25) is 9.59 Å². The van der Waals surface area contributed by atoms with E-state index in [4.69, 9.17) is 4.74 Å². The number of aromatic nitrogens is 1. The van der Waals surface area contributed by atoms with E-state index < -0.39 is 17.8 Å². The highest BCUT2D eigenvalue weighted by Crippen LogP contribution is 2.19. The van der Waals surface area contributed by atoms with Crippen LogP contribution < -0.4 is 5.32 Å². The first-order chi connectivity index (χ1) is 10.2. The van der Waals surface area contributed by atoms with E-state index in [-0.39, 0.29) is 6.61 Å². The number of carbonyl (C=O) groups is 2. The molecular weight excluding hydrogens is 268 g/mol. The number of benzene rings is 1. The summed E-state index contributed by atoms with van der Waals surface area (Å²) < 4.78 is 5.00. The van der Waals surface area contributed by atoms with Gasteiger partial charge in [0.2, 0.25) is 5.91 Å². The standard InChI is InChI=1S/C16H16N2O3/c1-2-21-16(20)14(12-8-4-3-5-9-12)15(19)18-13-10-6-7-11-17-13/h3-11,14H,2H2,1H3,(H,17,18,19). The van der Waals surface area contributed by atoms with Gasteiger partial charge in [-0.1, -0.05) is 36.4 Å². The van der Waals surface area contributed by atoms with E-state index in [0.717, 1.165) is 0 Å². The Labute approximate surface area is 123 Å². The van der Waals surface area contributed by atoms with Gasteiger partial charge in [-0.05, 0) is 24.6 Å². The molecule has 1 heterocycles. The quantitative estimate of drug-likeness (QED) is 0.676. The molecule has 2 aromatic rings. The minimum absolute atomic E-state index is 0.221. The number of esters is 1. The van der Waals surface area contributed by atoms with Crippen LogP contribution in [0.15, 0.2) is 54.7 Å². The summed E-state index contributed by atoms with van der Waals surface area (Å²) in [5, 5.41) is 2.63. The van der Waals surface area contributed by atoms with Gasteiger partial charge in [0.05, 0.1) is 6.61 Å². The van der Waals surface area contributed by atoms with Gasteiger partial charge in [0.25, 0.3) is 0 Å². The van der Waals surface area contributed by atoms with Crippen LogP contribution in [0.25, 0.3) is 0 Å². The van der Waals surface area contributed by atoms with E-state index in [1.54, 1.807) is 55.6 Å². The molecule has 0 fully saturated rings. The molecule has 0 saturated heterocycles. The number of hydrogen-bond acceptors (Lipinski definition) is 4. The Morgan fingerprint density at radius 1 is 1.14 bits per heavy atom. The van der Waals surface area contributed by atoms with Crippen molar-refractivity contribution < 1.29 is 14.3 Å². The van der Waals surface area contributed by atoms with Crippen LogP contribution in [0.3, 0.4) is 0 Å². The number of hydrogen-bond donors (Lipinski definition) is 1. The maximum absolute atomic E-state index is 12.4. The first-order valence-corrected chi connectivity index (χ1v) is 6.66. The molecule has 0 bridgehead atoms. The average molecular weight is 284 g/mol. The largest absolute Gasteiger partial charge is 0.465 e. The van der Waals surface area contributed by atoms with Crippen LogP contribution in [0.1, 0.15) is 18.4 Å². The van der Waals surface area contributed by atoms with Gasteiger partial charge in [-0.2, -0.15) is 0 Å². The van der Waals surface area contributed by atoms with Crippen LogP contribution in [-0.2, 0) is 14.3 Å². The summed E-state index contributed by atoms with van der Waals surface area (Å²) in [6, 6.07) is 14.0. The van der Waals surface area contributed by atoms with E-state index in [1.807, 2.05) is 6.07 Å². The molecule has 1 N–H and O–H groups in total. The van der Waals surface area contributed by atoms with Crippen LogP contribution >= 0.6 is 0 Å².